The monoisotopic (exact) mass is 242 g/mol. The van der Waals surface area contributed by atoms with Gasteiger partial charge in [0.2, 0.25) is 5.91 Å². The molecule has 1 fully saturated rings. The van der Waals surface area contributed by atoms with Crippen molar-refractivity contribution in [3.05, 3.63) is 0 Å². The number of amides is 1. The second-order valence-electron chi connectivity index (χ2n) is 4.79. The number of rotatable bonds is 7. The number of ether oxygens (including phenoxy) is 1. The molecule has 1 aliphatic carbocycles. The molecule has 100 valence electrons. The lowest BCUT2D eigenvalue weighted by Gasteiger charge is -2.22. The van der Waals surface area contributed by atoms with Crippen molar-refractivity contribution in [2.45, 2.75) is 64.0 Å². The first-order valence-corrected chi connectivity index (χ1v) is 6.89. The maximum absolute atomic E-state index is 11.4. The largest absolute Gasteiger partial charge is 0.378 e. The van der Waals surface area contributed by atoms with E-state index in [-0.39, 0.29) is 11.9 Å². The fourth-order valence-corrected chi connectivity index (χ4v) is 2.08. The van der Waals surface area contributed by atoms with Crippen LogP contribution in [0, 0.1) is 0 Å². The summed E-state index contributed by atoms with van der Waals surface area (Å²) < 4.78 is 5.77. The number of nitrogens with one attached hydrogen (secondary N) is 1. The Bertz CT molecular complexity index is 215. The van der Waals surface area contributed by atoms with E-state index in [2.05, 4.69) is 5.32 Å². The third-order valence-electron chi connectivity index (χ3n) is 3.30. The summed E-state index contributed by atoms with van der Waals surface area (Å²) in [7, 11) is 0. The molecule has 1 atom stereocenters. The van der Waals surface area contributed by atoms with Gasteiger partial charge in [-0.3, -0.25) is 4.79 Å². The van der Waals surface area contributed by atoms with E-state index in [9.17, 15) is 4.79 Å². The van der Waals surface area contributed by atoms with Gasteiger partial charge in [-0.15, -0.1) is 0 Å². The normalized spacial score (nSPS) is 18.9. The first kappa shape index (κ1) is 14.5. The molecule has 0 spiro atoms. The number of hydrogen-bond acceptors (Lipinski definition) is 3. The molecule has 1 saturated carbocycles. The Morgan fingerprint density at radius 2 is 2.12 bits per heavy atom. The van der Waals surface area contributed by atoms with Crippen molar-refractivity contribution in [3.63, 3.8) is 0 Å². The summed E-state index contributed by atoms with van der Waals surface area (Å²) in [6.07, 6.45) is 8.37. The second-order valence-corrected chi connectivity index (χ2v) is 4.79. The molecule has 0 aromatic carbocycles. The van der Waals surface area contributed by atoms with Gasteiger partial charge in [-0.05, 0) is 25.7 Å². The first-order valence-electron chi connectivity index (χ1n) is 6.89. The molecule has 3 N–H and O–H groups in total. The van der Waals surface area contributed by atoms with E-state index in [0.717, 1.165) is 13.0 Å². The third kappa shape index (κ3) is 6.03. The topological polar surface area (TPSA) is 64.4 Å². The van der Waals surface area contributed by atoms with Crippen LogP contribution in [0.3, 0.4) is 0 Å². The molecule has 4 heteroatoms. The van der Waals surface area contributed by atoms with Crippen molar-refractivity contribution in [1.82, 2.24) is 5.32 Å². The highest BCUT2D eigenvalue weighted by Gasteiger charge is 2.13. The molecule has 0 aromatic heterocycles. The fraction of sp³-hybridized carbons (Fsp3) is 0.923. The molecule has 0 aliphatic heterocycles. The zero-order chi connectivity index (χ0) is 12.5. The molecule has 1 amide bonds. The number of hydrogen-bond donors (Lipinski definition) is 2. The Morgan fingerprint density at radius 3 is 2.76 bits per heavy atom. The van der Waals surface area contributed by atoms with Crippen LogP contribution in [0.5, 0.6) is 0 Å². The summed E-state index contributed by atoms with van der Waals surface area (Å²) in [5.74, 6) is -0.0508. The average Bonchev–Trinajstić information content (AvgIpc) is 2.38. The Morgan fingerprint density at radius 1 is 1.41 bits per heavy atom. The van der Waals surface area contributed by atoms with Gasteiger partial charge < -0.3 is 15.8 Å². The number of nitrogens with two attached hydrogens (primary N) is 1. The standard InChI is InChI=1S/C13H26N2O2/c1-2-12(14)13(16)15-9-6-10-17-11-7-4-3-5-8-11/h11-12H,2-10,14H2,1H3,(H,15,16)/t12-/m0/s1. The lowest BCUT2D eigenvalue weighted by molar-refractivity contribution is -0.122. The highest BCUT2D eigenvalue weighted by Crippen LogP contribution is 2.20. The van der Waals surface area contributed by atoms with Crippen LogP contribution in [0.2, 0.25) is 0 Å². The fourth-order valence-electron chi connectivity index (χ4n) is 2.08. The lowest BCUT2D eigenvalue weighted by Crippen LogP contribution is -2.40. The molecule has 0 radical (unpaired) electrons. The summed E-state index contributed by atoms with van der Waals surface area (Å²) >= 11 is 0. The minimum Gasteiger partial charge on any atom is -0.378 e. The average molecular weight is 242 g/mol. The predicted octanol–water partition coefficient (Wildman–Crippen LogP) is 1.58. The van der Waals surface area contributed by atoms with Crippen LogP contribution in [0.15, 0.2) is 0 Å². The molecule has 0 bridgehead atoms. The highest BCUT2D eigenvalue weighted by atomic mass is 16.5. The summed E-state index contributed by atoms with van der Waals surface area (Å²) in [6.45, 7) is 3.32. The van der Waals surface area contributed by atoms with Gasteiger partial charge in [0.25, 0.3) is 0 Å². The SMILES string of the molecule is CC[C@H](N)C(=O)NCCCOC1CCCCC1. The van der Waals surface area contributed by atoms with Gasteiger partial charge in [-0.1, -0.05) is 26.2 Å². The summed E-state index contributed by atoms with van der Waals surface area (Å²) in [6, 6.07) is -0.366. The molecule has 4 nitrogen and oxygen atoms in total. The van der Waals surface area contributed by atoms with Crippen molar-refractivity contribution in [3.8, 4) is 0 Å². The van der Waals surface area contributed by atoms with Gasteiger partial charge >= 0.3 is 0 Å². The molecular weight excluding hydrogens is 216 g/mol. The highest BCUT2D eigenvalue weighted by molar-refractivity contribution is 5.81. The van der Waals surface area contributed by atoms with Gasteiger partial charge in [0, 0.05) is 13.2 Å². The number of carbonyl (C=O) groups excluding carboxylic acids is 1. The van der Waals surface area contributed by atoms with E-state index in [1.54, 1.807) is 0 Å². The molecule has 0 heterocycles. The zero-order valence-electron chi connectivity index (χ0n) is 10.9. The first-order chi connectivity index (χ1) is 8.24. The lowest BCUT2D eigenvalue weighted by atomic mass is 9.98. The van der Waals surface area contributed by atoms with E-state index in [0.29, 0.717) is 19.1 Å². The van der Waals surface area contributed by atoms with Crippen LogP contribution in [-0.4, -0.2) is 31.2 Å². The van der Waals surface area contributed by atoms with Gasteiger partial charge in [-0.25, -0.2) is 0 Å². The van der Waals surface area contributed by atoms with Crippen LogP contribution >= 0.6 is 0 Å². The van der Waals surface area contributed by atoms with Crippen LogP contribution in [0.1, 0.15) is 51.9 Å². The van der Waals surface area contributed by atoms with Crippen molar-refractivity contribution in [1.29, 1.82) is 0 Å². The smallest absolute Gasteiger partial charge is 0.236 e. The quantitative estimate of drug-likeness (QED) is 0.666. The molecule has 17 heavy (non-hydrogen) atoms. The van der Waals surface area contributed by atoms with Gasteiger partial charge in [0.1, 0.15) is 0 Å². The van der Waals surface area contributed by atoms with Crippen molar-refractivity contribution >= 4 is 5.91 Å². The maximum Gasteiger partial charge on any atom is 0.236 e. The van der Waals surface area contributed by atoms with Gasteiger partial charge in [0.15, 0.2) is 0 Å². The summed E-state index contributed by atoms with van der Waals surface area (Å²) in [5.41, 5.74) is 5.60. The van der Waals surface area contributed by atoms with Gasteiger partial charge in [0.05, 0.1) is 12.1 Å². The van der Waals surface area contributed by atoms with Crippen molar-refractivity contribution < 1.29 is 9.53 Å². The van der Waals surface area contributed by atoms with Crippen molar-refractivity contribution in [2.75, 3.05) is 13.2 Å². The van der Waals surface area contributed by atoms with Gasteiger partial charge in [-0.2, -0.15) is 0 Å². The summed E-state index contributed by atoms with van der Waals surface area (Å²) in [4.78, 5) is 11.4. The van der Waals surface area contributed by atoms with E-state index in [1.807, 2.05) is 6.92 Å². The minimum absolute atomic E-state index is 0.0508. The predicted molar refractivity (Wildman–Crippen MR) is 68.7 cm³/mol. The molecular formula is C13H26N2O2. The summed E-state index contributed by atoms with van der Waals surface area (Å²) in [5, 5.41) is 2.83. The van der Waals surface area contributed by atoms with E-state index in [4.69, 9.17) is 10.5 Å². The second kappa shape index (κ2) is 8.48. The Hall–Kier alpha value is -0.610. The number of carbonyl (C=O) groups is 1. The third-order valence-corrected chi connectivity index (χ3v) is 3.30. The molecule has 0 saturated heterocycles. The Balaban J connectivity index is 1.95. The van der Waals surface area contributed by atoms with Crippen LogP contribution < -0.4 is 11.1 Å². The Labute approximate surface area is 104 Å². The van der Waals surface area contributed by atoms with Crippen LogP contribution in [0.4, 0.5) is 0 Å². The molecule has 0 unspecified atom stereocenters. The maximum atomic E-state index is 11.4. The Kier molecular flexibility index (Phi) is 7.21. The van der Waals surface area contributed by atoms with Crippen LogP contribution in [-0.2, 0) is 9.53 Å². The minimum atomic E-state index is -0.366. The van der Waals surface area contributed by atoms with Crippen LogP contribution in [0.25, 0.3) is 0 Å². The zero-order valence-corrected chi connectivity index (χ0v) is 10.9. The molecule has 1 aliphatic rings. The molecule has 0 aromatic rings. The van der Waals surface area contributed by atoms with Crippen molar-refractivity contribution in [2.24, 2.45) is 5.73 Å². The van der Waals surface area contributed by atoms with E-state index >= 15 is 0 Å². The van der Waals surface area contributed by atoms with E-state index in [1.165, 1.54) is 32.1 Å². The molecule has 1 rings (SSSR count). The van der Waals surface area contributed by atoms with E-state index < -0.39 is 0 Å².